The van der Waals surface area contributed by atoms with Crippen molar-refractivity contribution in [2.24, 2.45) is 9.98 Å². The molecule has 4 aliphatic rings. The molecule has 4 heterocycles. The normalized spacial score (nSPS) is 18.4. The van der Waals surface area contributed by atoms with Crippen molar-refractivity contribution in [1.82, 2.24) is 9.80 Å². The number of aliphatic imine (C=N–C) groups is 2. The number of aromatic hydroxyl groups is 1. The third-order valence-corrected chi connectivity index (χ3v) is 10.3. The molecule has 4 aromatic rings. The van der Waals surface area contributed by atoms with E-state index >= 15 is 0 Å². The van der Waals surface area contributed by atoms with Gasteiger partial charge < -0.3 is 29.1 Å². The summed E-state index contributed by atoms with van der Waals surface area (Å²) in [7, 11) is 1.56. The molecule has 8 rings (SSSR count). The molecule has 0 aromatic heterocycles. The van der Waals surface area contributed by atoms with Gasteiger partial charge in [0.25, 0.3) is 11.8 Å². The van der Waals surface area contributed by atoms with Gasteiger partial charge in [0.1, 0.15) is 11.5 Å². The lowest BCUT2D eigenvalue weighted by Crippen LogP contribution is -2.44. The Morgan fingerprint density at radius 3 is 1.96 bits per heavy atom. The Morgan fingerprint density at radius 2 is 1.27 bits per heavy atom. The Morgan fingerprint density at radius 1 is 0.686 bits per heavy atom. The van der Waals surface area contributed by atoms with Crippen molar-refractivity contribution >= 4 is 35.6 Å². The molecule has 0 saturated heterocycles. The molecule has 0 fully saturated rings. The summed E-state index contributed by atoms with van der Waals surface area (Å²) in [5, 5.41) is 9.97. The van der Waals surface area contributed by atoms with Crippen LogP contribution in [0.5, 0.6) is 23.0 Å². The fraction of sp³-hybridized carbons (Fsp3) is 0.317. The van der Waals surface area contributed by atoms with Gasteiger partial charge in [0.15, 0.2) is 11.5 Å². The minimum Gasteiger partial charge on any atom is -0.508 e. The quantitative estimate of drug-likeness (QED) is 0.192. The summed E-state index contributed by atoms with van der Waals surface area (Å²) in [5.41, 5.74) is 7.68. The summed E-state index contributed by atoms with van der Waals surface area (Å²) in [5.74, 6) is 1.83. The number of hydrogen-bond acceptors (Lipinski definition) is 8. The van der Waals surface area contributed by atoms with Gasteiger partial charge in [-0.05, 0) is 91.1 Å². The molecular weight excluding hydrogens is 644 g/mol. The van der Waals surface area contributed by atoms with Crippen molar-refractivity contribution in [3.63, 3.8) is 0 Å². The van der Waals surface area contributed by atoms with Crippen LogP contribution in [0.2, 0.25) is 0 Å². The topological polar surface area (TPSA) is 113 Å². The molecule has 260 valence electrons. The van der Waals surface area contributed by atoms with E-state index in [2.05, 4.69) is 12.1 Å². The third-order valence-electron chi connectivity index (χ3n) is 10.3. The lowest BCUT2D eigenvalue weighted by molar-refractivity contribution is 0.0696. The maximum absolute atomic E-state index is 13.7. The number of methoxy groups -OCH3 is 1. The first-order chi connectivity index (χ1) is 24.9. The highest BCUT2D eigenvalue weighted by Gasteiger charge is 2.34. The fourth-order valence-corrected chi connectivity index (χ4v) is 7.45. The molecule has 10 heteroatoms. The molecule has 0 spiro atoms. The Balaban J connectivity index is 0.854. The first kappa shape index (κ1) is 32.6. The number of benzene rings is 4. The molecule has 0 unspecified atom stereocenters. The van der Waals surface area contributed by atoms with Crippen LogP contribution < -0.4 is 14.2 Å². The monoisotopic (exact) mass is 684 g/mol. The number of aryl methyl sites for hydroxylation is 1. The van der Waals surface area contributed by atoms with Crippen molar-refractivity contribution in [3.05, 3.63) is 106 Å². The van der Waals surface area contributed by atoms with Crippen LogP contribution in [0.4, 0.5) is 11.4 Å². The maximum Gasteiger partial charge on any atom is 0.257 e. The molecule has 2 atom stereocenters. The number of carbonyl (C=O) groups is 2. The summed E-state index contributed by atoms with van der Waals surface area (Å²) in [6.07, 6.45) is 7.64. The van der Waals surface area contributed by atoms with Gasteiger partial charge in [0, 0.05) is 37.7 Å². The van der Waals surface area contributed by atoms with Crippen LogP contribution in [0.1, 0.15) is 67.8 Å². The zero-order valence-electron chi connectivity index (χ0n) is 28.8. The highest BCUT2D eigenvalue weighted by molar-refractivity contribution is 6.04. The summed E-state index contributed by atoms with van der Waals surface area (Å²) >= 11 is 0. The average molecular weight is 685 g/mol. The SMILES string of the molecule is COc1cc2c(cc1OCCCCCOc1cc3c(cc1C)C(=O)N1Cc4ccccc4C[C@H]1C=N3)N=C[C@@H]1Cc3ccc(O)cc3CN1C2=O. The van der Waals surface area contributed by atoms with Crippen LogP contribution in [0.15, 0.2) is 76.7 Å². The third kappa shape index (κ3) is 6.30. The molecule has 1 N–H and O–H groups in total. The minimum atomic E-state index is -0.176. The van der Waals surface area contributed by atoms with E-state index in [9.17, 15) is 14.7 Å². The number of fused-ring (bicyclic) bond motifs is 6. The van der Waals surface area contributed by atoms with Gasteiger partial charge in [-0.1, -0.05) is 30.3 Å². The first-order valence-electron chi connectivity index (χ1n) is 17.6. The summed E-state index contributed by atoms with van der Waals surface area (Å²) in [4.78, 5) is 40.4. The van der Waals surface area contributed by atoms with Crippen LogP contribution in [0.25, 0.3) is 0 Å². The molecular formula is C41H40N4O6. The number of hydrogen-bond donors (Lipinski definition) is 1. The molecule has 4 aromatic carbocycles. The number of ether oxygens (including phenoxy) is 3. The van der Waals surface area contributed by atoms with Crippen molar-refractivity contribution in [1.29, 1.82) is 0 Å². The van der Waals surface area contributed by atoms with Crippen LogP contribution in [0, 0.1) is 6.92 Å². The van der Waals surface area contributed by atoms with Crippen molar-refractivity contribution < 1.29 is 28.9 Å². The number of carbonyl (C=O) groups excluding carboxylic acids is 2. The maximum atomic E-state index is 13.7. The number of phenolic OH excluding ortho intramolecular Hbond substituents is 1. The largest absolute Gasteiger partial charge is 0.508 e. The van der Waals surface area contributed by atoms with E-state index < -0.39 is 0 Å². The standard InChI is InChI=1S/C41H40N4O6/c1-25-14-33-35(42-21-30-15-26-8-4-5-9-28(26)23-44(30)40(33)47)19-37(25)50-12-6-3-7-13-51-39-20-36-34(18-38(39)49-2)41(48)45-24-29-17-32(46)11-10-27(29)16-31(45)22-43-36/h4-5,8-11,14,17-22,30-31,46H,3,6-7,12-13,15-16,23-24H2,1-2H3/t30-,31-/m0/s1. The molecule has 0 bridgehead atoms. The summed E-state index contributed by atoms with van der Waals surface area (Å²) < 4.78 is 17.9. The predicted molar refractivity (Wildman–Crippen MR) is 195 cm³/mol. The van der Waals surface area contributed by atoms with Gasteiger partial charge in [-0.25, -0.2) is 0 Å². The second kappa shape index (κ2) is 13.6. The Kier molecular flexibility index (Phi) is 8.67. The Labute approximate surface area is 297 Å². The van der Waals surface area contributed by atoms with E-state index in [0.29, 0.717) is 66.7 Å². The molecule has 4 aliphatic heterocycles. The van der Waals surface area contributed by atoms with Crippen LogP contribution >= 0.6 is 0 Å². The van der Waals surface area contributed by atoms with Gasteiger partial charge in [0.05, 0.1) is 54.9 Å². The predicted octanol–water partition coefficient (Wildman–Crippen LogP) is 6.90. The van der Waals surface area contributed by atoms with E-state index in [1.54, 1.807) is 36.3 Å². The van der Waals surface area contributed by atoms with Crippen molar-refractivity contribution in [2.75, 3.05) is 20.3 Å². The van der Waals surface area contributed by atoms with Gasteiger partial charge in [0.2, 0.25) is 0 Å². The van der Waals surface area contributed by atoms with Gasteiger partial charge in [-0.15, -0.1) is 0 Å². The van der Waals surface area contributed by atoms with E-state index in [4.69, 9.17) is 24.2 Å². The molecule has 51 heavy (non-hydrogen) atoms. The Hall–Kier alpha value is -5.64. The minimum absolute atomic E-state index is 0.00447. The number of unbranched alkanes of at least 4 members (excludes halogenated alkanes) is 2. The smallest absolute Gasteiger partial charge is 0.257 e. The van der Waals surface area contributed by atoms with E-state index in [1.165, 1.54) is 11.1 Å². The van der Waals surface area contributed by atoms with E-state index in [0.717, 1.165) is 48.1 Å². The first-order valence-corrected chi connectivity index (χ1v) is 17.6. The molecule has 0 radical (unpaired) electrons. The summed E-state index contributed by atoms with van der Waals surface area (Å²) in [6.45, 7) is 3.95. The van der Waals surface area contributed by atoms with Crippen LogP contribution in [0.3, 0.4) is 0 Å². The number of nitrogens with zero attached hydrogens (tertiary/aromatic N) is 4. The molecule has 0 aliphatic carbocycles. The van der Waals surface area contributed by atoms with Crippen molar-refractivity contribution in [3.8, 4) is 23.0 Å². The highest BCUT2D eigenvalue weighted by Crippen LogP contribution is 2.39. The van der Waals surface area contributed by atoms with Gasteiger partial charge >= 0.3 is 0 Å². The van der Waals surface area contributed by atoms with Gasteiger partial charge in [-0.2, -0.15) is 0 Å². The molecule has 2 amide bonds. The highest BCUT2D eigenvalue weighted by atomic mass is 16.5. The van der Waals surface area contributed by atoms with Crippen LogP contribution in [-0.2, 0) is 25.9 Å². The van der Waals surface area contributed by atoms with Crippen LogP contribution in [-0.4, -0.2) is 71.6 Å². The Bertz CT molecular complexity index is 2090. The summed E-state index contributed by atoms with van der Waals surface area (Å²) in [6, 6.07) is 20.7. The van der Waals surface area contributed by atoms with Crippen molar-refractivity contribution in [2.45, 2.75) is 64.2 Å². The zero-order valence-corrected chi connectivity index (χ0v) is 28.8. The second-order valence-corrected chi connectivity index (χ2v) is 13.6. The lowest BCUT2D eigenvalue weighted by Gasteiger charge is -2.34. The number of rotatable bonds is 9. The average Bonchev–Trinajstić information content (AvgIpc) is 3.35. The lowest BCUT2D eigenvalue weighted by atomic mass is 9.94. The number of phenols is 1. The fourth-order valence-electron chi connectivity index (χ4n) is 7.45. The van der Waals surface area contributed by atoms with E-state index in [1.807, 2.05) is 54.6 Å². The second-order valence-electron chi connectivity index (χ2n) is 13.6. The number of amides is 2. The zero-order chi connectivity index (χ0) is 35.1. The van der Waals surface area contributed by atoms with Gasteiger partial charge in [-0.3, -0.25) is 19.6 Å². The van der Waals surface area contributed by atoms with E-state index in [-0.39, 0.29) is 29.6 Å². The molecule has 0 saturated carbocycles. The molecule has 10 nitrogen and oxygen atoms in total.